The topological polar surface area (TPSA) is 94.1 Å². The number of ether oxygens (including phenoxy) is 2. The molecule has 8 heteroatoms. The monoisotopic (exact) mass is 403 g/mol. The average molecular weight is 403 g/mol. The van der Waals surface area contributed by atoms with Crippen LogP contribution in [0, 0.1) is 0 Å². The number of aromatic nitrogens is 4. The first-order valence-electron chi connectivity index (χ1n) is 9.82. The third kappa shape index (κ3) is 3.59. The molecule has 2 N–H and O–H groups in total. The smallest absolute Gasteiger partial charge is 0.407 e. The van der Waals surface area contributed by atoms with Crippen LogP contribution in [0.15, 0.2) is 48.7 Å². The molecule has 1 aliphatic rings. The van der Waals surface area contributed by atoms with Gasteiger partial charge >= 0.3 is 6.09 Å². The van der Waals surface area contributed by atoms with Crippen molar-refractivity contribution in [2.45, 2.75) is 13.0 Å². The van der Waals surface area contributed by atoms with E-state index < -0.39 is 6.09 Å². The molecule has 1 amide bonds. The molecule has 0 radical (unpaired) electrons. The normalized spacial score (nSPS) is 14.5. The summed E-state index contributed by atoms with van der Waals surface area (Å²) >= 11 is 0. The van der Waals surface area contributed by atoms with Gasteiger partial charge in [-0.3, -0.25) is 9.78 Å². The van der Waals surface area contributed by atoms with Crippen LogP contribution in [0.5, 0.6) is 5.75 Å². The maximum atomic E-state index is 12.0. The number of nitrogens with one attached hydrogen (secondary N) is 2. The standard InChI is InChI=1S/C22H21N5O3/c1-27-7-5-19(26-27)15-9-14-10-16(11-15)21-18-12-17(3-4-20(18)24-25-21)29-8-2-6-23-22(28)30-13-14/h3-5,7,9-12H,2,6,8,13H2,1H3,(H,23,28)(H,24,25). The molecule has 4 aromatic rings. The quantitative estimate of drug-likeness (QED) is 0.506. The molecule has 0 unspecified atom stereocenters. The van der Waals surface area contributed by atoms with Gasteiger partial charge in [-0.05, 0) is 54.4 Å². The number of carbonyl (C=O) groups excluding carboxylic acids is 1. The van der Waals surface area contributed by atoms with Crippen molar-refractivity contribution < 1.29 is 14.3 Å². The fourth-order valence-corrected chi connectivity index (χ4v) is 3.58. The Balaban J connectivity index is 1.66. The lowest BCUT2D eigenvalue weighted by Crippen LogP contribution is -2.26. The van der Waals surface area contributed by atoms with Gasteiger partial charge in [-0.2, -0.15) is 10.2 Å². The lowest BCUT2D eigenvalue weighted by Gasteiger charge is -2.10. The summed E-state index contributed by atoms with van der Waals surface area (Å²) in [7, 11) is 1.88. The van der Waals surface area contributed by atoms with Crippen LogP contribution in [0.2, 0.25) is 0 Å². The molecule has 152 valence electrons. The summed E-state index contributed by atoms with van der Waals surface area (Å²) in [5.41, 5.74) is 5.29. The van der Waals surface area contributed by atoms with Crippen LogP contribution in [-0.2, 0) is 18.4 Å². The van der Waals surface area contributed by atoms with Crippen LogP contribution < -0.4 is 10.1 Å². The maximum Gasteiger partial charge on any atom is 0.407 e. The second-order valence-electron chi connectivity index (χ2n) is 7.28. The lowest BCUT2D eigenvalue weighted by atomic mass is 10.00. The summed E-state index contributed by atoms with van der Waals surface area (Å²) in [5.74, 6) is 0.767. The summed E-state index contributed by atoms with van der Waals surface area (Å²) in [6.07, 6.45) is 2.13. The maximum absolute atomic E-state index is 12.0. The molecular weight excluding hydrogens is 382 g/mol. The Labute approximate surface area is 172 Å². The van der Waals surface area contributed by atoms with Gasteiger partial charge in [-0.15, -0.1) is 0 Å². The molecule has 0 atom stereocenters. The molecule has 4 bridgehead atoms. The van der Waals surface area contributed by atoms with Crippen molar-refractivity contribution in [2.75, 3.05) is 13.2 Å². The van der Waals surface area contributed by atoms with Gasteiger partial charge in [-0.1, -0.05) is 0 Å². The molecule has 0 spiro atoms. The van der Waals surface area contributed by atoms with Crippen LogP contribution in [0.1, 0.15) is 12.0 Å². The molecule has 3 heterocycles. The van der Waals surface area contributed by atoms with E-state index in [1.54, 1.807) is 4.68 Å². The van der Waals surface area contributed by atoms with Crippen molar-refractivity contribution in [1.82, 2.24) is 25.3 Å². The van der Waals surface area contributed by atoms with E-state index in [1.165, 1.54) is 0 Å². The van der Waals surface area contributed by atoms with E-state index in [2.05, 4.69) is 20.6 Å². The number of fused-ring (bicyclic) bond motifs is 4. The van der Waals surface area contributed by atoms with Crippen molar-refractivity contribution in [2.24, 2.45) is 7.05 Å². The highest BCUT2D eigenvalue weighted by molar-refractivity contribution is 5.94. The van der Waals surface area contributed by atoms with E-state index in [9.17, 15) is 4.79 Å². The molecule has 0 aliphatic carbocycles. The van der Waals surface area contributed by atoms with Gasteiger partial charge < -0.3 is 14.8 Å². The minimum Gasteiger partial charge on any atom is -0.494 e. The summed E-state index contributed by atoms with van der Waals surface area (Å²) < 4.78 is 13.0. The molecule has 0 fully saturated rings. The number of carbonyl (C=O) groups is 1. The van der Waals surface area contributed by atoms with Crippen molar-refractivity contribution in [3.63, 3.8) is 0 Å². The van der Waals surface area contributed by atoms with Crippen molar-refractivity contribution in [1.29, 1.82) is 0 Å². The highest BCUT2D eigenvalue weighted by Crippen LogP contribution is 2.33. The number of cyclic esters (lactones) is 1. The van der Waals surface area contributed by atoms with E-state index in [0.717, 1.165) is 44.7 Å². The number of hydrogen-bond acceptors (Lipinski definition) is 5. The SMILES string of the molecule is Cn1ccc(-c2cc3cc(c2)-c2n[nH]c4ccc(cc24)OCCCNC(=O)OC3)n1. The molecule has 0 saturated carbocycles. The molecule has 8 nitrogen and oxygen atoms in total. The van der Waals surface area contributed by atoms with Gasteiger partial charge in [0.2, 0.25) is 0 Å². The predicted molar refractivity (Wildman–Crippen MR) is 112 cm³/mol. The Morgan fingerprint density at radius 2 is 1.97 bits per heavy atom. The van der Waals surface area contributed by atoms with E-state index in [0.29, 0.717) is 19.6 Å². The van der Waals surface area contributed by atoms with E-state index in [4.69, 9.17) is 9.47 Å². The Kier molecular flexibility index (Phi) is 4.59. The number of aryl methyl sites for hydroxylation is 1. The van der Waals surface area contributed by atoms with Gasteiger partial charge in [0, 0.05) is 36.3 Å². The van der Waals surface area contributed by atoms with Crippen LogP contribution >= 0.6 is 0 Å². The number of rotatable bonds is 1. The number of benzene rings is 2. The van der Waals surface area contributed by atoms with Crippen LogP contribution in [0.25, 0.3) is 33.4 Å². The first-order valence-corrected chi connectivity index (χ1v) is 9.82. The molecule has 30 heavy (non-hydrogen) atoms. The van der Waals surface area contributed by atoms with E-state index >= 15 is 0 Å². The zero-order valence-corrected chi connectivity index (χ0v) is 16.5. The minimum absolute atomic E-state index is 0.156. The number of H-pyrrole nitrogens is 1. The second-order valence-corrected chi connectivity index (χ2v) is 7.28. The highest BCUT2D eigenvalue weighted by atomic mass is 16.5. The summed E-state index contributed by atoms with van der Waals surface area (Å²) in [6, 6.07) is 13.9. The Morgan fingerprint density at radius 1 is 1.07 bits per heavy atom. The zero-order chi connectivity index (χ0) is 20.5. The van der Waals surface area contributed by atoms with Gasteiger partial charge in [0.15, 0.2) is 0 Å². The van der Waals surface area contributed by atoms with Gasteiger partial charge in [0.1, 0.15) is 18.1 Å². The minimum atomic E-state index is -0.447. The Hall–Kier alpha value is -3.81. The molecule has 2 aromatic carbocycles. The molecular formula is C22H21N5O3. The first-order chi connectivity index (χ1) is 14.7. The van der Waals surface area contributed by atoms with Crippen LogP contribution in [0.3, 0.4) is 0 Å². The van der Waals surface area contributed by atoms with Gasteiger partial charge in [-0.25, -0.2) is 4.79 Å². The fourth-order valence-electron chi connectivity index (χ4n) is 3.58. The molecule has 0 saturated heterocycles. The summed E-state index contributed by atoms with van der Waals surface area (Å²) in [6.45, 7) is 1.14. The summed E-state index contributed by atoms with van der Waals surface area (Å²) in [5, 5.41) is 15.9. The Bertz CT molecular complexity index is 1230. The number of hydrogen-bond donors (Lipinski definition) is 2. The third-order valence-electron chi connectivity index (χ3n) is 5.04. The van der Waals surface area contributed by atoms with Gasteiger partial charge in [0.05, 0.1) is 17.8 Å². The number of amides is 1. The second kappa shape index (κ2) is 7.55. The van der Waals surface area contributed by atoms with E-state index in [-0.39, 0.29) is 6.61 Å². The third-order valence-corrected chi connectivity index (χ3v) is 5.04. The number of aromatic amines is 1. The first kappa shape index (κ1) is 18.2. The van der Waals surface area contributed by atoms with Crippen molar-refractivity contribution >= 4 is 17.0 Å². The molecule has 2 aromatic heterocycles. The highest BCUT2D eigenvalue weighted by Gasteiger charge is 2.14. The molecule has 1 aliphatic heterocycles. The Morgan fingerprint density at radius 3 is 2.83 bits per heavy atom. The lowest BCUT2D eigenvalue weighted by molar-refractivity contribution is 0.139. The van der Waals surface area contributed by atoms with Crippen molar-refractivity contribution in [3.05, 3.63) is 54.2 Å². The number of alkyl carbamates (subject to hydrolysis) is 1. The average Bonchev–Trinajstić information content (AvgIpc) is 3.37. The molecule has 5 rings (SSSR count). The summed E-state index contributed by atoms with van der Waals surface area (Å²) in [4.78, 5) is 12.0. The van der Waals surface area contributed by atoms with Gasteiger partial charge in [0.25, 0.3) is 0 Å². The van der Waals surface area contributed by atoms with Crippen molar-refractivity contribution in [3.8, 4) is 28.3 Å². The fraction of sp³-hybridized carbons (Fsp3) is 0.227. The largest absolute Gasteiger partial charge is 0.494 e. The van der Waals surface area contributed by atoms with E-state index in [1.807, 2.05) is 55.7 Å². The zero-order valence-electron chi connectivity index (χ0n) is 16.5. The van der Waals surface area contributed by atoms with Crippen LogP contribution in [-0.4, -0.2) is 39.2 Å². The predicted octanol–water partition coefficient (Wildman–Crippen LogP) is 3.64. The van der Waals surface area contributed by atoms with Crippen LogP contribution in [0.4, 0.5) is 4.79 Å². The number of nitrogens with zero attached hydrogens (tertiary/aromatic N) is 3.